The van der Waals surface area contributed by atoms with Crippen molar-refractivity contribution in [2.45, 2.75) is 148 Å². The van der Waals surface area contributed by atoms with Crippen LogP contribution in [-0.2, 0) is 64.3 Å². The van der Waals surface area contributed by atoms with Gasteiger partial charge in [0.15, 0.2) is 13.5 Å². The summed E-state index contributed by atoms with van der Waals surface area (Å²) < 4.78 is 34.3. The summed E-state index contributed by atoms with van der Waals surface area (Å²) in [6, 6.07) is 25.9. The number of aromatic amines is 2. The van der Waals surface area contributed by atoms with E-state index in [4.69, 9.17) is 28.4 Å². The van der Waals surface area contributed by atoms with Crippen LogP contribution in [0.1, 0.15) is 117 Å². The van der Waals surface area contributed by atoms with Gasteiger partial charge in [-0.2, -0.15) is 10.2 Å². The van der Waals surface area contributed by atoms with E-state index < -0.39 is 30.5 Å². The number of carbonyl (C=O) groups excluding carboxylic acids is 7. The third kappa shape index (κ3) is 20.2. The minimum absolute atomic E-state index is 0.0242. The number of pyridine rings is 2. The lowest BCUT2D eigenvalue weighted by atomic mass is 9.89. The molecule has 0 unspecified atom stereocenters. The van der Waals surface area contributed by atoms with E-state index in [1.807, 2.05) is 90.4 Å². The summed E-state index contributed by atoms with van der Waals surface area (Å²) in [5.74, 6) is -0.277. The van der Waals surface area contributed by atoms with E-state index in [0.29, 0.717) is 125 Å². The molecule has 6 fully saturated rings. The number of benzene rings is 4. The first-order valence-electron chi connectivity index (χ1n) is 40.8. The molecule has 4 N–H and O–H groups in total. The quantitative estimate of drug-likeness (QED) is 0.0297. The van der Waals surface area contributed by atoms with E-state index in [0.717, 1.165) is 118 Å². The summed E-state index contributed by atoms with van der Waals surface area (Å²) in [4.78, 5) is 137. The van der Waals surface area contributed by atoms with Crippen LogP contribution in [0.15, 0.2) is 107 Å². The second-order valence-electron chi connectivity index (χ2n) is 31.6. The predicted molar refractivity (Wildman–Crippen MR) is 432 cm³/mol. The van der Waals surface area contributed by atoms with Crippen LogP contribution < -0.4 is 21.8 Å². The fraction of sp³-hybridized carbons (Fsp3) is 0.536. The number of carbonyl (C=O) groups is 7. The zero-order valence-electron chi connectivity index (χ0n) is 67.3. The van der Waals surface area contributed by atoms with E-state index in [2.05, 4.69) is 71.8 Å². The largest absolute Gasteiger partial charge is 0.512 e. The number of hydrogen-bond donors (Lipinski definition) is 4. The molecule has 0 radical (unpaired) electrons. The van der Waals surface area contributed by atoms with Gasteiger partial charge in [0.2, 0.25) is 18.5 Å². The van der Waals surface area contributed by atoms with Crippen molar-refractivity contribution in [3.8, 4) is 0 Å². The molecule has 0 aliphatic carbocycles. The average molecular weight is 1580 g/mol. The van der Waals surface area contributed by atoms with Crippen molar-refractivity contribution in [1.29, 1.82) is 0 Å². The number of amides is 6. The first kappa shape index (κ1) is 82.4. The Bertz CT molecular complexity index is 4880. The Balaban J connectivity index is 0.000000214. The zero-order chi connectivity index (χ0) is 80.9. The Morgan fingerprint density at radius 2 is 1.03 bits per heavy atom. The minimum atomic E-state index is -0.884. The molecular formula is C84H111N16O15+. The van der Waals surface area contributed by atoms with Crippen molar-refractivity contribution in [2.24, 2.45) is 0 Å². The van der Waals surface area contributed by atoms with Crippen molar-refractivity contribution in [1.82, 2.24) is 74.5 Å². The van der Waals surface area contributed by atoms with Crippen LogP contribution in [0.25, 0.3) is 43.6 Å². The highest BCUT2D eigenvalue weighted by atomic mass is 16.7. The van der Waals surface area contributed by atoms with Gasteiger partial charge in [-0.25, -0.2) is 28.7 Å². The molecule has 31 nitrogen and oxygen atoms in total. The van der Waals surface area contributed by atoms with Crippen LogP contribution in [0.5, 0.6) is 0 Å². The van der Waals surface area contributed by atoms with Crippen LogP contribution in [0.4, 0.5) is 24.0 Å². The van der Waals surface area contributed by atoms with E-state index in [9.17, 15) is 43.2 Å². The number of H-pyrrole nitrogens is 2. The van der Waals surface area contributed by atoms with E-state index >= 15 is 0 Å². The molecule has 6 saturated heterocycles. The number of urea groups is 2. The first-order valence-corrected chi connectivity index (χ1v) is 40.8. The maximum Gasteiger partial charge on any atom is 0.512 e. The van der Waals surface area contributed by atoms with E-state index in [1.54, 1.807) is 53.7 Å². The number of para-hydroxylation sites is 2. The van der Waals surface area contributed by atoms with Gasteiger partial charge in [0.1, 0.15) is 12.1 Å². The van der Waals surface area contributed by atoms with Crippen molar-refractivity contribution < 1.29 is 66.5 Å². The lowest BCUT2D eigenvalue weighted by molar-refractivity contribution is -0.930. The lowest BCUT2D eigenvalue weighted by Gasteiger charge is -2.45. The summed E-state index contributed by atoms with van der Waals surface area (Å²) >= 11 is 0. The summed E-state index contributed by atoms with van der Waals surface area (Å²) in [6.07, 6.45) is 8.43. The average Bonchev–Trinajstić information content (AvgIpc) is 1.50. The fourth-order valence-electron chi connectivity index (χ4n) is 17.6. The van der Waals surface area contributed by atoms with Gasteiger partial charge in [-0.15, -0.1) is 0 Å². The number of aryl methyl sites for hydroxylation is 2. The summed E-state index contributed by atoms with van der Waals surface area (Å²) in [5.41, 5.74) is 7.97. The molecule has 6 amide bonds. The van der Waals surface area contributed by atoms with Crippen LogP contribution >= 0.6 is 0 Å². The molecule has 6 aliphatic heterocycles. The molecule has 0 saturated carbocycles. The number of nitrogens with zero attached hydrogens (tertiary/aromatic N) is 12. The van der Waals surface area contributed by atoms with Gasteiger partial charge < -0.3 is 68.5 Å². The number of piperazine rings is 2. The number of likely N-dealkylation sites (tertiary alicyclic amines) is 4. The third-order valence-electron chi connectivity index (χ3n) is 24.0. The number of fused-ring (bicyclic) bond motifs is 4. The molecule has 2 atom stereocenters. The van der Waals surface area contributed by atoms with Gasteiger partial charge in [-0.05, 0) is 175 Å². The number of ether oxygens (including phenoxy) is 6. The number of rotatable bonds is 21. The Morgan fingerprint density at radius 3 is 1.61 bits per heavy atom. The number of nitrogens with one attached hydrogen (secondary N) is 4. The van der Waals surface area contributed by atoms with Crippen LogP contribution in [0.3, 0.4) is 0 Å². The van der Waals surface area contributed by atoms with Crippen LogP contribution in [0.2, 0.25) is 0 Å². The number of aromatic nitrogens is 6. The summed E-state index contributed by atoms with van der Waals surface area (Å²) in [5, 5.41) is 21.6. The fourth-order valence-corrected chi connectivity index (χ4v) is 17.6. The third-order valence-corrected chi connectivity index (χ3v) is 24.0. The van der Waals surface area contributed by atoms with Gasteiger partial charge >= 0.3 is 30.5 Å². The van der Waals surface area contributed by atoms with Crippen molar-refractivity contribution >= 4 is 86.0 Å². The first-order chi connectivity index (χ1) is 55.6. The molecule has 4 aromatic carbocycles. The van der Waals surface area contributed by atoms with E-state index in [1.165, 1.54) is 17.4 Å². The second-order valence-corrected chi connectivity index (χ2v) is 31.6. The highest BCUT2D eigenvalue weighted by Gasteiger charge is 2.39. The van der Waals surface area contributed by atoms with Gasteiger partial charge in [0.05, 0.1) is 68.9 Å². The van der Waals surface area contributed by atoms with Gasteiger partial charge in [-0.3, -0.25) is 43.1 Å². The standard InChI is InChI=1S/C48H64N8O12.C36H46N8O3/c1-6-63-46(60)66-30-54-41-12-10-9-11-36(41)28-39(43(54)57)35-13-17-53(18-14-35)45(59)50-40(27-34-25-33(4)42-37(26-34)29-49-55(42)31-67-47(61)64-7-2)44(58)52-21-19-51(20-22-52)38-15-23-56(5,24-16-38)32-68-48(62)65-8-3;1-24-19-25(20-28-23-37-40-33(24)28)21-32(35(46)43-17-15-42(16-18-43)29-9-11-41(2)12-10-29)39-36(47)44-13-7-26(8-14-44)30-22-27-5-3-4-6-31(27)38-34(30)45/h9-12,25-26,28-29,35,38,40H,6-8,13-24,27,30-32H2,1-5H3;3-6,19-20,22-23,26,29,32H,7-18,21H2,1-2H3,(H,37,40)(H,38,45)(H,39,47)/p+1/t38?,40-,56?;32-/m11/s1. The smallest absolute Gasteiger partial charge is 0.435 e. The van der Waals surface area contributed by atoms with Gasteiger partial charge in [0.25, 0.3) is 11.1 Å². The summed E-state index contributed by atoms with van der Waals surface area (Å²) in [7, 11) is 4.27. The number of quaternary nitrogens is 1. The minimum Gasteiger partial charge on any atom is -0.435 e. The van der Waals surface area contributed by atoms with Gasteiger partial charge in [-0.1, -0.05) is 48.5 Å². The summed E-state index contributed by atoms with van der Waals surface area (Å²) in [6.45, 7) is 20.7. The molecule has 4 aromatic heterocycles. The maximum atomic E-state index is 14.6. The Hall–Kier alpha value is -10.6. The Labute approximate surface area is 668 Å². The molecule has 10 heterocycles. The molecule has 31 heteroatoms. The Kier molecular flexibility index (Phi) is 27.0. The van der Waals surface area contributed by atoms with Gasteiger partial charge in [0, 0.05) is 144 Å². The van der Waals surface area contributed by atoms with Crippen LogP contribution in [0, 0.1) is 13.8 Å². The van der Waals surface area contributed by atoms with E-state index in [-0.39, 0.29) is 93.3 Å². The number of piperidine rings is 4. The predicted octanol–water partition coefficient (Wildman–Crippen LogP) is 8.76. The maximum absolute atomic E-state index is 14.6. The molecule has 0 bridgehead atoms. The monoisotopic (exact) mass is 1580 g/mol. The highest BCUT2D eigenvalue weighted by molar-refractivity contribution is 5.90. The normalized spacial score (nSPS) is 19.7. The topological polar surface area (TPSA) is 323 Å². The Morgan fingerprint density at radius 1 is 0.522 bits per heavy atom. The molecule has 14 rings (SSSR count). The molecule has 616 valence electrons. The zero-order valence-corrected chi connectivity index (χ0v) is 67.3. The molecular weight excluding hydrogens is 1470 g/mol. The number of hydrogen-bond acceptors (Lipinski definition) is 20. The molecule has 0 spiro atoms. The highest BCUT2D eigenvalue weighted by Crippen LogP contribution is 2.32. The molecule has 115 heavy (non-hydrogen) atoms. The van der Waals surface area contributed by atoms with Crippen molar-refractivity contribution in [3.63, 3.8) is 0 Å². The van der Waals surface area contributed by atoms with Crippen molar-refractivity contribution in [2.75, 3.05) is 145 Å². The van der Waals surface area contributed by atoms with Crippen molar-refractivity contribution in [3.05, 3.63) is 151 Å². The second kappa shape index (κ2) is 37.8. The van der Waals surface area contributed by atoms with Crippen LogP contribution in [-0.4, -0.2) is 280 Å². The SMILES string of the molecule is CCOC(=O)OCn1ncc2cc(C[C@@H](NC(=O)N3CCC(c4cc5ccccc5n(COC(=O)OCC)c4=O)CC3)C(=O)N3CCN(C4CC[N+](C)(COC(=O)OCC)CC4)CC3)cc(C)c21.Cc1cc(C[C@@H](NC(=O)N2CCC(c3cc4ccccc4[nH]c3=O)CC2)C(=O)N2CCN(C3CCN(C)CC3)CC2)cc2cn[nH]c12. The molecule has 8 aromatic rings. The molecule has 6 aliphatic rings. The lowest BCUT2D eigenvalue weighted by Crippen LogP contribution is -2.60.